The molecule has 0 aromatic heterocycles. The lowest BCUT2D eigenvalue weighted by molar-refractivity contribution is -0.134. The third-order valence-corrected chi connectivity index (χ3v) is 3.39. The molecule has 1 aliphatic heterocycles. The second-order valence-corrected chi connectivity index (χ2v) is 4.82. The van der Waals surface area contributed by atoms with Crippen molar-refractivity contribution in [3.8, 4) is 11.5 Å². The topological polar surface area (TPSA) is 87.7 Å². The van der Waals surface area contributed by atoms with Gasteiger partial charge in [0, 0.05) is 12.5 Å². The fraction of sp³-hybridized carbons (Fsp3) is 0.429. The summed E-state index contributed by atoms with van der Waals surface area (Å²) in [5.74, 6) is -0.0604. The first kappa shape index (κ1) is 14.3. The van der Waals surface area contributed by atoms with Gasteiger partial charge in [0.2, 0.25) is 11.8 Å². The number of nitrogens with one attached hydrogen (secondary N) is 2. The monoisotopic (exact) mass is 278 g/mol. The number of aromatic hydroxyl groups is 1. The number of amides is 2. The molecule has 2 amide bonds. The maximum atomic E-state index is 11.7. The van der Waals surface area contributed by atoms with Gasteiger partial charge in [-0.1, -0.05) is 6.07 Å². The summed E-state index contributed by atoms with van der Waals surface area (Å²) < 4.78 is 5.06. The van der Waals surface area contributed by atoms with Crippen LogP contribution in [0.15, 0.2) is 18.2 Å². The van der Waals surface area contributed by atoms with Crippen LogP contribution in [0.5, 0.6) is 11.5 Å². The molecule has 0 radical (unpaired) electrons. The number of hydrogen-bond acceptors (Lipinski definition) is 5. The molecule has 0 spiro atoms. The van der Waals surface area contributed by atoms with Gasteiger partial charge in [-0.15, -0.1) is 0 Å². The fourth-order valence-corrected chi connectivity index (χ4v) is 2.21. The van der Waals surface area contributed by atoms with Crippen molar-refractivity contribution >= 4 is 11.8 Å². The molecule has 1 heterocycles. The Labute approximate surface area is 117 Å². The van der Waals surface area contributed by atoms with Crippen molar-refractivity contribution in [2.75, 3.05) is 7.11 Å². The highest BCUT2D eigenvalue weighted by atomic mass is 16.5. The molecule has 0 saturated carbocycles. The highest BCUT2D eigenvalue weighted by Crippen LogP contribution is 2.29. The number of methoxy groups -OCH3 is 1. The number of carbonyl (C=O) groups excluding carboxylic acids is 2. The minimum Gasteiger partial charge on any atom is -0.504 e. The summed E-state index contributed by atoms with van der Waals surface area (Å²) in [5, 5.41) is 15.0. The molecule has 0 bridgehead atoms. The zero-order valence-electron chi connectivity index (χ0n) is 11.5. The Morgan fingerprint density at radius 3 is 2.85 bits per heavy atom. The lowest BCUT2D eigenvalue weighted by atomic mass is 10.0. The number of hydrogen-bond donors (Lipinski definition) is 3. The molecule has 20 heavy (non-hydrogen) atoms. The minimum absolute atomic E-state index is 0.0736. The van der Waals surface area contributed by atoms with Crippen LogP contribution in [-0.4, -0.2) is 30.1 Å². The molecule has 3 N–H and O–H groups in total. The van der Waals surface area contributed by atoms with Gasteiger partial charge in [0.25, 0.3) is 0 Å². The van der Waals surface area contributed by atoms with Gasteiger partial charge in [0.15, 0.2) is 11.5 Å². The Hall–Kier alpha value is -2.08. The first-order chi connectivity index (χ1) is 9.51. The van der Waals surface area contributed by atoms with Gasteiger partial charge in [-0.3, -0.25) is 20.2 Å². The van der Waals surface area contributed by atoms with E-state index in [4.69, 9.17) is 4.74 Å². The van der Waals surface area contributed by atoms with Gasteiger partial charge in [-0.25, -0.2) is 0 Å². The molecular weight excluding hydrogens is 260 g/mol. The zero-order chi connectivity index (χ0) is 14.7. The maximum Gasteiger partial charge on any atom is 0.243 e. The normalized spacial score (nSPS) is 20.4. The van der Waals surface area contributed by atoms with Crippen molar-refractivity contribution in [2.24, 2.45) is 0 Å². The number of rotatable bonds is 4. The van der Waals surface area contributed by atoms with Crippen LogP contribution >= 0.6 is 0 Å². The lowest BCUT2D eigenvalue weighted by Crippen LogP contribution is -2.51. The third kappa shape index (κ3) is 3.08. The molecule has 1 aromatic rings. The van der Waals surface area contributed by atoms with Crippen LogP contribution < -0.4 is 15.4 Å². The molecule has 1 aromatic carbocycles. The van der Waals surface area contributed by atoms with E-state index in [9.17, 15) is 14.7 Å². The summed E-state index contributed by atoms with van der Waals surface area (Å²) in [4.78, 5) is 22.8. The standard InChI is InChI=1S/C14H18N2O4/c1-8(9-3-5-11(17)12(7-9)20-2)15-10-4-6-13(18)16-14(10)19/h3,5,7-8,10,15,17H,4,6H2,1-2H3,(H,16,18,19). The van der Waals surface area contributed by atoms with Gasteiger partial charge in [-0.2, -0.15) is 0 Å². The first-order valence-electron chi connectivity index (χ1n) is 6.48. The first-order valence-corrected chi connectivity index (χ1v) is 6.48. The van der Waals surface area contributed by atoms with Gasteiger partial charge in [-0.05, 0) is 31.0 Å². The number of carbonyl (C=O) groups is 2. The molecule has 0 aliphatic carbocycles. The van der Waals surface area contributed by atoms with Gasteiger partial charge < -0.3 is 9.84 Å². The van der Waals surface area contributed by atoms with Crippen LogP contribution in [0.4, 0.5) is 0 Å². The molecule has 1 saturated heterocycles. The Morgan fingerprint density at radius 2 is 2.20 bits per heavy atom. The SMILES string of the molecule is COc1cc(C(C)NC2CCC(=O)NC2=O)ccc1O. The summed E-state index contributed by atoms with van der Waals surface area (Å²) >= 11 is 0. The van der Waals surface area contributed by atoms with Crippen molar-refractivity contribution < 1.29 is 19.4 Å². The summed E-state index contributed by atoms with van der Waals surface area (Å²) in [5.41, 5.74) is 0.893. The number of piperidine rings is 1. The van der Waals surface area contributed by atoms with Gasteiger partial charge in [0.1, 0.15) is 0 Å². The Morgan fingerprint density at radius 1 is 1.45 bits per heavy atom. The molecule has 108 valence electrons. The Bertz CT molecular complexity index is 530. The molecular formula is C14H18N2O4. The highest BCUT2D eigenvalue weighted by Gasteiger charge is 2.27. The van der Waals surface area contributed by atoms with Crippen LogP contribution in [0.1, 0.15) is 31.4 Å². The zero-order valence-corrected chi connectivity index (χ0v) is 11.5. The summed E-state index contributed by atoms with van der Waals surface area (Å²) in [6, 6.07) is 4.55. The quantitative estimate of drug-likeness (QED) is 0.711. The van der Waals surface area contributed by atoms with Gasteiger partial charge >= 0.3 is 0 Å². The number of imide groups is 1. The van der Waals surface area contributed by atoms with E-state index in [1.165, 1.54) is 7.11 Å². The van der Waals surface area contributed by atoms with Crippen molar-refractivity contribution in [3.05, 3.63) is 23.8 Å². The second-order valence-electron chi connectivity index (χ2n) is 4.82. The number of phenolic OH excluding ortho intramolecular Hbond substituents is 1. The van der Waals surface area contributed by atoms with Crippen LogP contribution in [0.25, 0.3) is 0 Å². The number of phenols is 1. The average Bonchev–Trinajstić information content (AvgIpc) is 2.42. The van der Waals surface area contributed by atoms with E-state index in [1.54, 1.807) is 18.2 Å². The number of benzene rings is 1. The molecule has 2 rings (SSSR count). The average molecular weight is 278 g/mol. The summed E-state index contributed by atoms with van der Waals surface area (Å²) in [7, 11) is 1.48. The largest absolute Gasteiger partial charge is 0.504 e. The summed E-state index contributed by atoms with van der Waals surface area (Å²) in [6.07, 6.45) is 0.833. The van der Waals surface area contributed by atoms with E-state index in [-0.39, 0.29) is 29.6 Å². The minimum atomic E-state index is -0.387. The molecule has 2 atom stereocenters. The van der Waals surface area contributed by atoms with Crippen LogP contribution in [0.2, 0.25) is 0 Å². The van der Waals surface area contributed by atoms with E-state index in [0.717, 1.165) is 5.56 Å². The van der Waals surface area contributed by atoms with Crippen LogP contribution in [-0.2, 0) is 9.59 Å². The molecule has 6 heteroatoms. The van der Waals surface area contributed by atoms with E-state index >= 15 is 0 Å². The van der Waals surface area contributed by atoms with E-state index < -0.39 is 0 Å². The highest BCUT2D eigenvalue weighted by molar-refractivity contribution is 6.00. The lowest BCUT2D eigenvalue weighted by Gasteiger charge is -2.25. The van der Waals surface area contributed by atoms with Crippen LogP contribution in [0, 0.1) is 0 Å². The Kier molecular flexibility index (Phi) is 4.24. The van der Waals surface area contributed by atoms with Crippen molar-refractivity contribution in [2.45, 2.75) is 31.8 Å². The van der Waals surface area contributed by atoms with Crippen molar-refractivity contribution in [1.29, 1.82) is 0 Å². The van der Waals surface area contributed by atoms with Gasteiger partial charge in [0.05, 0.1) is 13.2 Å². The Balaban J connectivity index is 2.06. The molecule has 1 aliphatic rings. The van der Waals surface area contributed by atoms with Crippen molar-refractivity contribution in [3.63, 3.8) is 0 Å². The predicted molar refractivity (Wildman–Crippen MR) is 72.4 cm³/mol. The van der Waals surface area contributed by atoms with E-state index in [0.29, 0.717) is 18.6 Å². The molecule has 6 nitrogen and oxygen atoms in total. The fourth-order valence-electron chi connectivity index (χ4n) is 2.21. The predicted octanol–water partition coefficient (Wildman–Crippen LogP) is 0.857. The smallest absolute Gasteiger partial charge is 0.243 e. The second kappa shape index (κ2) is 5.92. The van der Waals surface area contributed by atoms with Crippen molar-refractivity contribution in [1.82, 2.24) is 10.6 Å². The molecule has 2 unspecified atom stereocenters. The maximum absolute atomic E-state index is 11.7. The number of ether oxygens (including phenoxy) is 1. The summed E-state index contributed by atoms with van der Waals surface area (Å²) in [6.45, 7) is 1.91. The van der Waals surface area contributed by atoms with E-state index in [1.807, 2.05) is 6.92 Å². The molecule has 1 fully saturated rings. The van der Waals surface area contributed by atoms with E-state index in [2.05, 4.69) is 10.6 Å². The van der Waals surface area contributed by atoms with Crippen LogP contribution in [0.3, 0.4) is 0 Å². The third-order valence-electron chi connectivity index (χ3n) is 3.39.